The maximum atomic E-state index is 14.3. The molecule has 6 rings (SSSR count). The number of nitrogens with zero attached hydrogens (tertiary/aromatic N) is 3. The van der Waals surface area contributed by atoms with Crippen molar-refractivity contribution in [1.29, 1.82) is 0 Å². The number of carbonyl (C=O) groups excluding carboxylic acids is 3. The Morgan fingerprint density at radius 1 is 0.750 bits per heavy atom. The summed E-state index contributed by atoms with van der Waals surface area (Å²) in [5, 5.41) is 0. The van der Waals surface area contributed by atoms with Gasteiger partial charge in [0.15, 0.2) is 0 Å². The van der Waals surface area contributed by atoms with Crippen LogP contribution in [0.3, 0.4) is 0 Å². The van der Waals surface area contributed by atoms with Crippen molar-refractivity contribution in [2.45, 2.75) is 52.2 Å². The molecule has 9 nitrogen and oxygen atoms in total. The molecule has 2 aliphatic rings. The molecule has 2 heterocycles. The van der Waals surface area contributed by atoms with Gasteiger partial charge in [-0.05, 0) is 67.3 Å². The van der Waals surface area contributed by atoms with E-state index >= 15 is 0 Å². The number of ether oxygens (including phenoxy) is 3. The zero-order chi connectivity index (χ0) is 33.5. The zero-order valence-electron chi connectivity index (χ0n) is 27.4. The number of esters is 1. The maximum Gasteiger partial charge on any atom is 0.416 e. The van der Waals surface area contributed by atoms with Gasteiger partial charge in [0.2, 0.25) is 0 Å². The van der Waals surface area contributed by atoms with Crippen LogP contribution in [0.5, 0.6) is 0 Å². The van der Waals surface area contributed by atoms with E-state index in [2.05, 4.69) is 17.0 Å². The average molecular weight is 648 g/mol. The van der Waals surface area contributed by atoms with E-state index in [4.69, 9.17) is 14.2 Å². The van der Waals surface area contributed by atoms with Gasteiger partial charge in [0.1, 0.15) is 12.8 Å². The lowest BCUT2D eigenvalue weighted by Crippen LogP contribution is -2.60. The van der Waals surface area contributed by atoms with Crippen LogP contribution in [0.15, 0.2) is 109 Å². The van der Waals surface area contributed by atoms with Crippen LogP contribution in [0.1, 0.15) is 58.9 Å². The van der Waals surface area contributed by atoms with Crippen molar-refractivity contribution in [1.82, 2.24) is 9.80 Å². The van der Waals surface area contributed by atoms with Gasteiger partial charge >= 0.3 is 18.2 Å². The van der Waals surface area contributed by atoms with Crippen molar-refractivity contribution < 1.29 is 28.6 Å². The highest BCUT2D eigenvalue weighted by Gasteiger charge is 2.53. The zero-order valence-corrected chi connectivity index (χ0v) is 27.4. The fraction of sp³-hybridized carbons (Fsp3) is 0.308. The Morgan fingerprint density at radius 2 is 1.38 bits per heavy atom. The van der Waals surface area contributed by atoms with Crippen molar-refractivity contribution in [3.8, 4) is 0 Å². The Balaban J connectivity index is 1.47. The standard InChI is InChI=1S/C39H41N3O6/c1-3-46-37(43)31-20-21-34-33(24-31)35-32(22-23-40(35)25-28-14-8-5-9-15-28)36(42(34)39(45)47-4-2)41(26-29-16-10-6-11-17-29)38(44)48-27-30-18-12-7-13-19-30/h5-21,24,32,35-36H,3-4,22-23,25-27H2,1-2H3. The first-order chi connectivity index (χ1) is 23.5. The second-order valence-electron chi connectivity index (χ2n) is 12.0. The fourth-order valence-electron chi connectivity index (χ4n) is 6.92. The van der Waals surface area contributed by atoms with E-state index in [0.29, 0.717) is 24.2 Å². The third kappa shape index (κ3) is 7.06. The summed E-state index contributed by atoms with van der Waals surface area (Å²) in [6, 6.07) is 34.5. The summed E-state index contributed by atoms with van der Waals surface area (Å²) in [6.45, 7) is 5.63. The summed E-state index contributed by atoms with van der Waals surface area (Å²) in [7, 11) is 0. The lowest BCUT2D eigenvalue weighted by Gasteiger charge is -2.48. The molecular weight excluding hydrogens is 606 g/mol. The summed E-state index contributed by atoms with van der Waals surface area (Å²) in [6.07, 6.45) is -1.15. The van der Waals surface area contributed by atoms with Gasteiger partial charge in [-0.1, -0.05) is 91.0 Å². The van der Waals surface area contributed by atoms with Crippen LogP contribution >= 0.6 is 0 Å². The lowest BCUT2D eigenvalue weighted by molar-refractivity contribution is 0.0476. The van der Waals surface area contributed by atoms with Crippen LogP contribution in [-0.4, -0.2) is 53.9 Å². The van der Waals surface area contributed by atoms with Crippen LogP contribution in [0.25, 0.3) is 0 Å². The summed E-state index contributed by atoms with van der Waals surface area (Å²) in [4.78, 5) is 46.9. The van der Waals surface area contributed by atoms with E-state index in [-0.39, 0.29) is 38.3 Å². The topological polar surface area (TPSA) is 88.6 Å². The highest BCUT2D eigenvalue weighted by atomic mass is 16.6. The highest BCUT2D eigenvalue weighted by molar-refractivity contribution is 5.94. The summed E-state index contributed by atoms with van der Waals surface area (Å²) >= 11 is 0. The Morgan fingerprint density at radius 3 is 2.02 bits per heavy atom. The van der Waals surface area contributed by atoms with Crippen LogP contribution in [-0.2, 0) is 33.9 Å². The maximum absolute atomic E-state index is 14.3. The molecule has 0 aromatic heterocycles. The molecule has 2 amide bonds. The van der Waals surface area contributed by atoms with Gasteiger partial charge in [0, 0.05) is 18.5 Å². The summed E-state index contributed by atoms with van der Waals surface area (Å²) < 4.78 is 17.0. The number of fused-ring (bicyclic) bond motifs is 3. The molecule has 3 unspecified atom stereocenters. The van der Waals surface area contributed by atoms with E-state index in [9.17, 15) is 14.4 Å². The second kappa shape index (κ2) is 15.2. The van der Waals surface area contributed by atoms with Gasteiger partial charge in [-0.2, -0.15) is 0 Å². The lowest BCUT2D eigenvalue weighted by atomic mass is 9.83. The Hall–Kier alpha value is -5.15. The van der Waals surface area contributed by atoms with Crippen LogP contribution < -0.4 is 4.90 Å². The molecule has 3 atom stereocenters. The molecular formula is C39H41N3O6. The molecule has 9 heteroatoms. The fourth-order valence-corrected chi connectivity index (χ4v) is 6.92. The Bertz CT molecular complexity index is 1700. The average Bonchev–Trinajstić information content (AvgIpc) is 3.53. The molecule has 0 radical (unpaired) electrons. The minimum absolute atomic E-state index is 0.0881. The number of hydrogen-bond acceptors (Lipinski definition) is 7. The second-order valence-corrected chi connectivity index (χ2v) is 12.0. The monoisotopic (exact) mass is 647 g/mol. The molecule has 48 heavy (non-hydrogen) atoms. The van der Waals surface area contributed by atoms with E-state index < -0.39 is 24.3 Å². The first-order valence-electron chi connectivity index (χ1n) is 16.5. The molecule has 0 aliphatic carbocycles. The molecule has 0 spiro atoms. The summed E-state index contributed by atoms with van der Waals surface area (Å²) in [5.41, 5.74) is 4.72. The third-order valence-electron chi connectivity index (χ3n) is 8.96. The van der Waals surface area contributed by atoms with Gasteiger partial charge < -0.3 is 14.2 Å². The molecule has 0 bridgehead atoms. The molecule has 4 aromatic rings. The minimum Gasteiger partial charge on any atom is -0.462 e. The van der Waals surface area contributed by atoms with Crippen LogP contribution in [0.4, 0.5) is 15.3 Å². The smallest absolute Gasteiger partial charge is 0.416 e. The molecule has 0 saturated carbocycles. The van der Waals surface area contributed by atoms with E-state index in [1.165, 1.54) is 0 Å². The van der Waals surface area contributed by atoms with Crippen molar-refractivity contribution in [3.05, 3.63) is 137 Å². The number of benzene rings is 4. The van der Waals surface area contributed by atoms with E-state index in [0.717, 1.165) is 28.8 Å². The Labute approximate surface area is 281 Å². The quantitative estimate of drug-likeness (QED) is 0.130. The van der Waals surface area contributed by atoms with E-state index in [1.54, 1.807) is 35.8 Å². The van der Waals surface area contributed by atoms with E-state index in [1.807, 2.05) is 84.9 Å². The van der Waals surface area contributed by atoms with Gasteiger partial charge in [-0.25, -0.2) is 14.4 Å². The predicted molar refractivity (Wildman–Crippen MR) is 182 cm³/mol. The van der Waals surface area contributed by atoms with Gasteiger partial charge in [0.25, 0.3) is 0 Å². The number of hydrogen-bond donors (Lipinski definition) is 0. The van der Waals surface area contributed by atoms with Gasteiger partial charge in [-0.3, -0.25) is 14.7 Å². The largest absolute Gasteiger partial charge is 0.462 e. The van der Waals surface area contributed by atoms with Crippen LogP contribution in [0, 0.1) is 5.92 Å². The third-order valence-corrected chi connectivity index (χ3v) is 8.96. The highest BCUT2D eigenvalue weighted by Crippen LogP contribution is 2.51. The predicted octanol–water partition coefficient (Wildman–Crippen LogP) is 7.57. The number of rotatable bonds is 10. The molecule has 4 aromatic carbocycles. The molecule has 0 N–H and O–H groups in total. The van der Waals surface area contributed by atoms with Crippen molar-refractivity contribution >= 4 is 23.8 Å². The number of anilines is 1. The first-order valence-corrected chi connectivity index (χ1v) is 16.5. The number of likely N-dealkylation sites (tertiary alicyclic amines) is 1. The first kappa shape index (κ1) is 32.8. The van der Waals surface area contributed by atoms with Gasteiger partial charge in [0.05, 0.1) is 31.0 Å². The van der Waals surface area contributed by atoms with Gasteiger partial charge in [-0.15, -0.1) is 0 Å². The minimum atomic E-state index is -0.737. The molecule has 1 saturated heterocycles. The van der Waals surface area contributed by atoms with Crippen molar-refractivity contribution in [2.24, 2.45) is 5.92 Å². The Kier molecular flexibility index (Phi) is 10.4. The molecule has 2 aliphatic heterocycles. The number of carbonyl (C=O) groups is 3. The SMILES string of the molecule is CCOC(=O)c1ccc2c(c1)C1C(CCN1Cc1ccccc1)C(N(Cc1ccccc1)C(=O)OCc1ccccc1)N2C(=O)OCC. The normalized spacial score (nSPS) is 18.4. The van der Waals surface area contributed by atoms with Crippen molar-refractivity contribution in [2.75, 3.05) is 24.7 Å². The molecule has 248 valence electrons. The summed E-state index contributed by atoms with van der Waals surface area (Å²) in [5.74, 6) is -0.652. The van der Waals surface area contributed by atoms with Crippen LogP contribution in [0.2, 0.25) is 0 Å². The molecule has 1 fully saturated rings. The number of amides is 2. The van der Waals surface area contributed by atoms with Crippen molar-refractivity contribution in [3.63, 3.8) is 0 Å².